The maximum atomic E-state index is 12.9. The minimum Gasteiger partial charge on any atom is -0.381 e. The second-order valence-corrected chi connectivity index (χ2v) is 6.95. The number of rotatable bonds is 9. The Morgan fingerprint density at radius 1 is 1.16 bits per heavy atom. The molecule has 2 aromatic rings. The van der Waals surface area contributed by atoms with Gasteiger partial charge < -0.3 is 4.74 Å². The molecule has 0 aromatic carbocycles. The summed E-state index contributed by atoms with van der Waals surface area (Å²) in [4.78, 5) is 3.87. The Balaban J connectivity index is 2.03. The minimum absolute atomic E-state index is 0.183. The number of aromatic nitrogens is 4. The van der Waals surface area contributed by atoms with Crippen molar-refractivity contribution in [2.24, 2.45) is 5.92 Å². The second-order valence-electron chi connectivity index (χ2n) is 5.89. The highest BCUT2D eigenvalue weighted by Gasteiger charge is 2.31. The van der Waals surface area contributed by atoms with Crippen LogP contribution in [0.5, 0.6) is 0 Å². The van der Waals surface area contributed by atoms with E-state index in [0.29, 0.717) is 30.4 Å². The number of nitrogens with zero attached hydrogens (tertiary/aromatic N) is 4. The van der Waals surface area contributed by atoms with Gasteiger partial charge in [-0.15, -0.1) is 10.2 Å². The van der Waals surface area contributed by atoms with Crippen LogP contribution in [0, 0.1) is 5.92 Å². The lowest BCUT2D eigenvalue weighted by molar-refractivity contribution is -0.141. The summed E-state index contributed by atoms with van der Waals surface area (Å²) in [5.74, 6) is 1.26. The van der Waals surface area contributed by atoms with Crippen LogP contribution in [0.3, 0.4) is 0 Å². The second kappa shape index (κ2) is 9.19. The summed E-state index contributed by atoms with van der Waals surface area (Å²) in [5, 5.41) is 8.09. The van der Waals surface area contributed by atoms with Crippen molar-refractivity contribution in [1.29, 1.82) is 0 Å². The van der Waals surface area contributed by atoms with Gasteiger partial charge in [-0.05, 0) is 24.5 Å². The lowest BCUT2D eigenvalue weighted by atomic mass is 10.1. The molecule has 0 atom stereocenters. The van der Waals surface area contributed by atoms with Crippen LogP contribution in [-0.4, -0.2) is 44.9 Å². The zero-order chi connectivity index (χ0) is 18.3. The topological polar surface area (TPSA) is 52.8 Å². The van der Waals surface area contributed by atoms with Crippen molar-refractivity contribution in [3.63, 3.8) is 0 Å². The third-order valence-electron chi connectivity index (χ3n) is 3.29. The third kappa shape index (κ3) is 6.66. The Hall–Kier alpha value is -1.61. The van der Waals surface area contributed by atoms with E-state index in [9.17, 15) is 13.2 Å². The van der Waals surface area contributed by atoms with E-state index in [-0.39, 0.29) is 11.0 Å². The zero-order valence-corrected chi connectivity index (χ0v) is 15.0. The molecule has 138 valence electrons. The average Bonchev–Trinajstić information content (AvgIpc) is 2.92. The summed E-state index contributed by atoms with van der Waals surface area (Å²) in [7, 11) is 0. The Labute approximate surface area is 149 Å². The van der Waals surface area contributed by atoms with Gasteiger partial charge in [-0.1, -0.05) is 25.6 Å². The normalized spacial score (nSPS) is 12.1. The molecule has 0 N–H and O–H groups in total. The van der Waals surface area contributed by atoms with E-state index in [1.165, 1.54) is 24.2 Å². The summed E-state index contributed by atoms with van der Waals surface area (Å²) in [6.45, 7) is 4.20. The molecule has 0 amide bonds. The van der Waals surface area contributed by atoms with Gasteiger partial charge in [0.25, 0.3) is 0 Å². The lowest BCUT2D eigenvalue weighted by Crippen LogP contribution is -2.19. The van der Waals surface area contributed by atoms with Crippen LogP contribution in [0.1, 0.15) is 20.3 Å². The molecule has 0 aliphatic rings. The molecule has 0 fully saturated rings. The standard InChI is InChI=1S/C16H21F3N4OS/c1-12(2)5-8-24-9-10-25-15-22-21-14(13-3-6-20-7-4-13)23(15)11-16(17,18)19/h3-4,6-7,12H,5,8-11H2,1-2H3. The summed E-state index contributed by atoms with van der Waals surface area (Å²) in [5.41, 5.74) is 0.548. The van der Waals surface area contributed by atoms with Gasteiger partial charge in [0.1, 0.15) is 6.54 Å². The van der Waals surface area contributed by atoms with Gasteiger partial charge in [-0.2, -0.15) is 13.2 Å². The van der Waals surface area contributed by atoms with Gasteiger partial charge in [-0.3, -0.25) is 9.55 Å². The molecule has 2 rings (SSSR count). The fourth-order valence-corrected chi connectivity index (χ4v) is 2.83. The highest BCUT2D eigenvalue weighted by atomic mass is 32.2. The first-order valence-electron chi connectivity index (χ1n) is 7.97. The van der Waals surface area contributed by atoms with Crippen LogP contribution >= 0.6 is 11.8 Å². The highest BCUT2D eigenvalue weighted by Crippen LogP contribution is 2.28. The molecule has 2 heterocycles. The maximum absolute atomic E-state index is 12.9. The molecule has 0 aliphatic carbocycles. The quantitative estimate of drug-likeness (QED) is 0.489. The van der Waals surface area contributed by atoms with Crippen LogP contribution in [0.25, 0.3) is 11.4 Å². The van der Waals surface area contributed by atoms with E-state index in [2.05, 4.69) is 29.0 Å². The summed E-state index contributed by atoms with van der Waals surface area (Å²) in [6.07, 6.45) is -0.372. The first-order valence-corrected chi connectivity index (χ1v) is 8.96. The highest BCUT2D eigenvalue weighted by molar-refractivity contribution is 7.99. The van der Waals surface area contributed by atoms with Crippen LogP contribution < -0.4 is 0 Å². The zero-order valence-electron chi connectivity index (χ0n) is 14.2. The first-order chi connectivity index (χ1) is 11.9. The number of pyridine rings is 1. The molecule has 0 spiro atoms. The van der Waals surface area contributed by atoms with E-state index >= 15 is 0 Å². The summed E-state index contributed by atoms with van der Waals surface area (Å²) in [6, 6.07) is 3.22. The number of halogens is 3. The Morgan fingerprint density at radius 2 is 1.88 bits per heavy atom. The predicted octanol–water partition coefficient (Wildman–Crippen LogP) is 4.06. The van der Waals surface area contributed by atoms with Gasteiger partial charge in [0, 0.05) is 30.3 Å². The SMILES string of the molecule is CC(C)CCOCCSc1nnc(-c2ccncc2)n1CC(F)(F)F. The molecule has 9 heteroatoms. The molecular weight excluding hydrogens is 353 g/mol. The van der Waals surface area contributed by atoms with Gasteiger partial charge >= 0.3 is 6.18 Å². The molecule has 0 unspecified atom stereocenters. The van der Waals surface area contributed by atoms with Gasteiger partial charge in [0.2, 0.25) is 0 Å². The maximum Gasteiger partial charge on any atom is 0.406 e. The number of ether oxygens (including phenoxy) is 1. The van der Waals surface area contributed by atoms with Crippen molar-refractivity contribution in [3.05, 3.63) is 24.5 Å². The van der Waals surface area contributed by atoms with E-state index in [1.54, 1.807) is 12.1 Å². The monoisotopic (exact) mass is 374 g/mol. The molecule has 0 aliphatic heterocycles. The van der Waals surface area contributed by atoms with Crippen LogP contribution in [0.2, 0.25) is 0 Å². The van der Waals surface area contributed by atoms with Crippen LogP contribution in [-0.2, 0) is 11.3 Å². The molecule has 0 saturated carbocycles. The molecule has 5 nitrogen and oxygen atoms in total. The van der Waals surface area contributed by atoms with E-state index < -0.39 is 12.7 Å². The van der Waals surface area contributed by atoms with Crippen molar-refractivity contribution in [1.82, 2.24) is 19.7 Å². The average molecular weight is 374 g/mol. The van der Waals surface area contributed by atoms with Gasteiger partial charge in [0.05, 0.1) is 6.61 Å². The van der Waals surface area contributed by atoms with Crippen molar-refractivity contribution >= 4 is 11.8 Å². The molecule has 0 saturated heterocycles. The fraction of sp³-hybridized carbons (Fsp3) is 0.562. The molecule has 25 heavy (non-hydrogen) atoms. The Morgan fingerprint density at radius 3 is 2.52 bits per heavy atom. The predicted molar refractivity (Wildman–Crippen MR) is 90.3 cm³/mol. The number of alkyl halides is 3. The number of thioether (sulfide) groups is 1. The minimum atomic E-state index is -4.35. The smallest absolute Gasteiger partial charge is 0.381 e. The van der Waals surface area contributed by atoms with Gasteiger partial charge in [0.15, 0.2) is 11.0 Å². The fourth-order valence-electron chi connectivity index (χ4n) is 2.04. The largest absolute Gasteiger partial charge is 0.406 e. The molecule has 0 bridgehead atoms. The molecular formula is C16H21F3N4OS. The third-order valence-corrected chi connectivity index (χ3v) is 4.22. The lowest BCUT2D eigenvalue weighted by Gasteiger charge is -2.12. The number of hydrogen-bond acceptors (Lipinski definition) is 5. The van der Waals surface area contributed by atoms with Gasteiger partial charge in [-0.25, -0.2) is 0 Å². The first kappa shape index (κ1) is 19.7. The Bertz CT molecular complexity index is 647. The van der Waals surface area contributed by atoms with Crippen molar-refractivity contribution in [2.75, 3.05) is 19.0 Å². The van der Waals surface area contributed by atoms with Crippen LogP contribution in [0.15, 0.2) is 29.7 Å². The number of hydrogen-bond donors (Lipinski definition) is 0. The summed E-state index contributed by atoms with van der Waals surface area (Å²) < 4.78 is 45.4. The summed E-state index contributed by atoms with van der Waals surface area (Å²) >= 11 is 1.21. The van der Waals surface area contributed by atoms with Crippen molar-refractivity contribution in [3.8, 4) is 11.4 Å². The van der Waals surface area contributed by atoms with Crippen LogP contribution in [0.4, 0.5) is 13.2 Å². The van der Waals surface area contributed by atoms with E-state index in [1.807, 2.05) is 0 Å². The van der Waals surface area contributed by atoms with Crippen molar-refractivity contribution in [2.45, 2.75) is 38.1 Å². The molecule has 0 radical (unpaired) electrons. The van der Waals surface area contributed by atoms with E-state index in [4.69, 9.17) is 4.74 Å². The molecule has 2 aromatic heterocycles. The Kier molecular flexibility index (Phi) is 7.24. The van der Waals surface area contributed by atoms with Crippen molar-refractivity contribution < 1.29 is 17.9 Å². The van der Waals surface area contributed by atoms with E-state index in [0.717, 1.165) is 11.0 Å².